The molecule has 0 saturated heterocycles. The van der Waals surface area contributed by atoms with Gasteiger partial charge in [0, 0.05) is 23.2 Å². The number of hydrogen-bond acceptors (Lipinski definition) is 3. The lowest BCUT2D eigenvalue weighted by atomic mass is 9.82. The van der Waals surface area contributed by atoms with Crippen molar-refractivity contribution in [2.24, 2.45) is 0 Å². The molecular weight excluding hydrogens is 432 g/mol. The molecule has 4 aromatic carbocycles. The van der Waals surface area contributed by atoms with Gasteiger partial charge in [-0.25, -0.2) is 0 Å². The van der Waals surface area contributed by atoms with E-state index in [0.29, 0.717) is 0 Å². The number of anilines is 2. The van der Waals surface area contributed by atoms with Crippen LogP contribution < -0.4 is 10.6 Å². The fraction of sp³-hybridized carbons (Fsp3) is 0.161. The first-order valence-electron chi connectivity index (χ1n) is 11.8. The lowest BCUT2D eigenvalue weighted by Crippen LogP contribution is -2.29. The number of thioether (sulfide) groups is 1. The van der Waals surface area contributed by atoms with Gasteiger partial charge in [0.1, 0.15) is 4.87 Å². The van der Waals surface area contributed by atoms with Crippen LogP contribution in [0.3, 0.4) is 0 Å². The lowest BCUT2D eigenvalue weighted by molar-refractivity contribution is 0.659. The van der Waals surface area contributed by atoms with E-state index in [1.807, 2.05) is 17.8 Å². The summed E-state index contributed by atoms with van der Waals surface area (Å²) in [6.45, 7) is 4.67. The zero-order valence-electron chi connectivity index (χ0n) is 19.5. The Morgan fingerprint density at radius 1 is 0.676 bits per heavy atom. The summed E-state index contributed by atoms with van der Waals surface area (Å²) >= 11 is 1.87. The van der Waals surface area contributed by atoms with E-state index in [-0.39, 0.29) is 10.3 Å². The first-order chi connectivity index (χ1) is 16.6. The second-order valence-electron chi connectivity index (χ2n) is 9.61. The lowest BCUT2D eigenvalue weighted by Gasteiger charge is -2.33. The Bertz CT molecular complexity index is 1380. The first kappa shape index (κ1) is 21.1. The molecule has 34 heavy (non-hydrogen) atoms. The van der Waals surface area contributed by atoms with Gasteiger partial charge in [-0.05, 0) is 58.1 Å². The molecule has 0 spiro atoms. The van der Waals surface area contributed by atoms with Crippen LogP contribution in [0.2, 0.25) is 0 Å². The van der Waals surface area contributed by atoms with Crippen LogP contribution in [0.25, 0.3) is 11.1 Å². The standard InChI is InChI=1S/C31H28N2S/c1-30(2)27-16-10-9-15-25(27)26-21-22(17-18-28(26)30)31(33-24-13-7-4-8-14-24)20-19-29(34-31)32-23-11-5-3-6-12-23/h3-19,21,32-33H,20H2,1-2H3. The molecule has 1 heterocycles. The predicted molar refractivity (Wildman–Crippen MR) is 146 cm³/mol. The van der Waals surface area contributed by atoms with Crippen LogP contribution in [0.15, 0.2) is 114 Å². The molecule has 168 valence electrons. The van der Waals surface area contributed by atoms with E-state index in [0.717, 1.165) is 17.8 Å². The van der Waals surface area contributed by atoms with Crippen molar-refractivity contribution in [2.45, 2.75) is 30.6 Å². The van der Waals surface area contributed by atoms with E-state index in [9.17, 15) is 0 Å². The van der Waals surface area contributed by atoms with Gasteiger partial charge >= 0.3 is 0 Å². The van der Waals surface area contributed by atoms with Gasteiger partial charge in [-0.3, -0.25) is 0 Å². The Kier molecular flexibility index (Phi) is 5.04. The maximum Gasteiger partial charge on any atom is 0.119 e. The largest absolute Gasteiger partial charge is 0.366 e. The van der Waals surface area contributed by atoms with Gasteiger partial charge in [0.15, 0.2) is 0 Å². The van der Waals surface area contributed by atoms with Crippen molar-refractivity contribution in [2.75, 3.05) is 10.6 Å². The van der Waals surface area contributed by atoms with E-state index >= 15 is 0 Å². The van der Waals surface area contributed by atoms with E-state index in [2.05, 4.69) is 128 Å². The summed E-state index contributed by atoms with van der Waals surface area (Å²) in [5, 5.41) is 8.69. The first-order valence-corrected chi connectivity index (χ1v) is 12.7. The maximum absolute atomic E-state index is 3.89. The highest BCUT2D eigenvalue weighted by Crippen LogP contribution is 2.54. The Morgan fingerprint density at radius 2 is 1.32 bits per heavy atom. The summed E-state index contributed by atoms with van der Waals surface area (Å²) in [6.07, 6.45) is 3.21. The van der Waals surface area contributed by atoms with Gasteiger partial charge in [0.25, 0.3) is 0 Å². The molecule has 0 saturated carbocycles. The molecular formula is C31H28N2S. The third-order valence-corrected chi connectivity index (χ3v) is 8.41. The molecule has 3 heteroatoms. The molecule has 6 rings (SSSR count). The van der Waals surface area contributed by atoms with Crippen molar-refractivity contribution in [3.8, 4) is 11.1 Å². The van der Waals surface area contributed by atoms with Crippen LogP contribution in [-0.2, 0) is 10.3 Å². The average molecular weight is 461 g/mol. The zero-order valence-corrected chi connectivity index (χ0v) is 20.3. The van der Waals surface area contributed by atoms with Gasteiger partial charge < -0.3 is 10.6 Å². The summed E-state index contributed by atoms with van der Waals surface area (Å²) < 4.78 is 0. The van der Waals surface area contributed by atoms with Gasteiger partial charge in [0.2, 0.25) is 0 Å². The van der Waals surface area contributed by atoms with Crippen molar-refractivity contribution < 1.29 is 0 Å². The van der Waals surface area contributed by atoms with E-state index in [4.69, 9.17) is 0 Å². The Hall–Kier alpha value is -3.43. The van der Waals surface area contributed by atoms with Crippen LogP contribution in [0.1, 0.15) is 37.0 Å². The minimum atomic E-state index is -0.283. The van der Waals surface area contributed by atoms with Crippen molar-refractivity contribution >= 4 is 23.1 Å². The molecule has 2 aliphatic rings. The summed E-state index contributed by atoms with van der Waals surface area (Å²) in [5.41, 5.74) is 9.10. The van der Waals surface area contributed by atoms with Crippen molar-refractivity contribution in [1.82, 2.24) is 0 Å². The second kappa shape index (κ2) is 8.11. The molecule has 4 aromatic rings. The molecule has 1 atom stereocenters. The number of para-hydroxylation sites is 2. The predicted octanol–water partition coefficient (Wildman–Crippen LogP) is 8.35. The Balaban J connectivity index is 1.41. The topological polar surface area (TPSA) is 24.1 Å². The minimum absolute atomic E-state index is 0.0194. The highest BCUT2D eigenvalue weighted by molar-refractivity contribution is 8.04. The van der Waals surface area contributed by atoms with Crippen molar-refractivity contribution in [3.05, 3.63) is 131 Å². The number of hydrogen-bond donors (Lipinski definition) is 2. The monoisotopic (exact) mass is 460 g/mol. The number of rotatable bonds is 5. The normalized spacial score (nSPS) is 19.8. The summed E-state index contributed by atoms with van der Waals surface area (Å²) in [6, 6.07) is 36.9. The van der Waals surface area contributed by atoms with Crippen LogP contribution in [0.4, 0.5) is 11.4 Å². The third-order valence-electron chi connectivity index (χ3n) is 7.07. The van der Waals surface area contributed by atoms with E-state index in [1.165, 1.54) is 32.8 Å². The fourth-order valence-electron chi connectivity index (χ4n) is 5.30. The van der Waals surface area contributed by atoms with Crippen LogP contribution >= 0.6 is 11.8 Å². The molecule has 1 aliphatic carbocycles. The molecule has 1 aliphatic heterocycles. The molecule has 0 radical (unpaired) electrons. The number of benzene rings is 4. The summed E-state index contributed by atoms with van der Waals surface area (Å²) in [4.78, 5) is -0.283. The third kappa shape index (κ3) is 3.52. The molecule has 2 N–H and O–H groups in total. The Labute approximate surface area is 206 Å². The summed E-state index contributed by atoms with van der Waals surface area (Å²) in [7, 11) is 0. The highest BCUT2D eigenvalue weighted by Gasteiger charge is 2.41. The minimum Gasteiger partial charge on any atom is -0.366 e. The quantitative estimate of drug-likeness (QED) is 0.313. The smallest absolute Gasteiger partial charge is 0.119 e. The highest BCUT2D eigenvalue weighted by atomic mass is 32.2. The fourth-order valence-corrected chi connectivity index (χ4v) is 6.59. The van der Waals surface area contributed by atoms with Crippen LogP contribution in [0.5, 0.6) is 0 Å². The van der Waals surface area contributed by atoms with Crippen LogP contribution in [-0.4, -0.2) is 0 Å². The molecule has 0 aromatic heterocycles. The molecule has 0 bridgehead atoms. The molecule has 0 amide bonds. The number of nitrogens with one attached hydrogen (secondary N) is 2. The summed E-state index contributed by atoms with van der Waals surface area (Å²) in [5.74, 6) is 0. The zero-order chi connectivity index (χ0) is 23.2. The Morgan fingerprint density at radius 3 is 2.09 bits per heavy atom. The van der Waals surface area contributed by atoms with Crippen LogP contribution in [0, 0.1) is 0 Å². The van der Waals surface area contributed by atoms with Crippen molar-refractivity contribution in [3.63, 3.8) is 0 Å². The SMILES string of the molecule is CC1(C)c2ccccc2-c2cc(C3(Nc4ccccc4)CC=C(Nc4ccccc4)S3)ccc21. The van der Waals surface area contributed by atoms with Gasteiger partial charge in [-0.15, -0.1) is 0 Å². The molecule has 2 nitrogen and oxygen atoms in total. The van der Waals surface area contributed by atoms with Gasteiger partial charge in [0.05, 0.1) is 5.03 Å². The van der Waals surface area contributed by atoms with Gasteiger partial charge in [-0.2, -0.15) is 0 Å². The van der Waals surface area contributed by atoms with E-state index in [1.54, 1.807) is 0 Å². The second-order valence-corrected chi connectivity index (χ2v) is 11.0. The number of fused-ring (bicyclic) bond motifs is 3. The maximum atomic E-state index is 3.89. The molecule has 1 unspecified atom stereocenters. The van der Waals surface area contributed by atoms with E-state index < -0.39 is 0 Å². The van der Waals surface area contributed by atoms with Crippen molar-refractivity contribution in [1.29, 1.82) is 0 Å². The molecule has 0 fully saturated rings. The van der Waals surface area contributed by atoms with Gasteiger partial charge in [-0.1, -0.05) is 104 Å². The average Bonchev–Trinajstić information content (AvgIpc) is 3.37.